The number of amides is 1. The topological polar surface area (TPSA) is 44.8 Å². The van der Waals surface area contributed by atoms with Crippen LogP contribution in [0.4, 0.5) is 0 Å². The molecule has 0 bridgehead atoms. The number of carbonyl (C=O) groups is 1. The van der Waals surface area contributed by atoms with Gasteiger partial charge in [-0.25, -0.2) is 0 Å². The number of hydrogen-bond donors (Lipinski definition) is 1. The maximum atomic E-state index is 12.7. The minimum Gasteiger partial charge on any atom is -0.373 e. The number of rotatable bonds is 4. The second kappa shape index (κ2) is 6.87. The maximum absolute atomic E-state index is 12.7. The Labute approximate surface area is 122 Å². The average molecular weight is 283 g/mol. The minimum atomic E-state index is -0.0177. The van der Waals surface area contributed by atoms with E-state index < -0.39 is 0 Å². The molecule has 1 amide bonds. The van der Waals surface area contributed by atoms with Gasteiger partial charge in [-0.2, -0.15) is 0 Å². The molecule has 0 aromatic rings. The Morgan fingerprint density at radius 3 is 2.60 bits per heavy atom. The van der Waals surface area contributed by atoms with E-state index in [2.05, 4.69) is 31.0 Å². The normalized spacial score (nSPS) is 33.4. The fourth-order valence-electron chi connectivity index (χ4n) is 3.64. The molecule has 2 saturated heterocycles. The number of likely N-dealkylation sites (tertiary alicyclic amines) is 1. The average Bonchev–Trinajstić information content (AvgIpc) is 2.77. The van der Waals surface area contributed by atoms with Crippen molar-refractivity contribution in [1.29, 1.82) is 0 Å². The summed E-state index contributed by atoms with van der Waals surface area (Å²) in [5, 5.41) is 3.12. The smallest absolute Gasteiger partial charge is 0.239 e. The third-order valence-electron chi connectivity index (χ3n) is 4.71. The summed E-state index contributed by atoms with van der Waals surface area (Å²) in [6.07, 6.45) is 2.52. The minimum absolute atomic E-state index is 0.0177. The molecule has 0 aromatic heterocycles. The SMILES string of the molecule is CNCC1CN(C(=O)C(C)N2C(C)CCC2C)CCO1. The Kier molecular flexibility index (Phi) is 5.41. The Hall–Kier alpha value is -0.650. The molecule has 116 valence electrons. The molecule has 4 atom stereocenters. The summed E-state index contributed by atoms with van der Waals surface area (Å²) in [6.45, 7) is 9.40. The fourth-order valence-corrected chi connectivity index (χ4v) is 3.64. The molecule has 0 aliphatic carbocycles. The summed E-state index contributed by atoms with van der Waals surface area (Å²) in [5.74, 6) is 0.259. The molecule has 0 spiro atoms. The fraction of sp³-hybridized carbons (Fsp3) is 0.933. The third kappa shape index (κ3) is 3.32. The zero-order valence-corrected chi connectivity index (χ0v) is 13.3. The second-order valence-corrected chi connectivity index (χ2v) is 6.23. The number of morpholine rings is 1. The molecule has 0 saturated carbocycles. The van der Waals surface area contributed by atoms with E-state index in [0.717, 1.165) is 13.1 Å². The highest BCUT2D eigenvalue weighted by molar-refractivity contribution is 5.81. The van der Waals surface area contributed by atoms with Gasteiger partial charge in [0.1, 0.15) is 0 Å². The lowest BCUT2D eigenvalue weighted by Crippen LogP contribution is -2.55. The third-order valence-corrected chi connectivity index (χ3v) is 4.71. The van der Waals surface area contributed by atoms with Gasteiger partial charge in [-0.05, 0) is 40.7 Å². The molecular formula is C15H29N3O2. The van der Waals surface area contributed by atoms with Crippen molar-refractivity contribution in [3.8, 4) is 0 Å². The van der Waals surface area contributed by atoms with Gasteiger partial charge in [0.2, 0.25) is 5.91 Å². The largest absolute Gasteiger partial charge is 0.373 e. The number of likely N-dealkylation sites (N-methyl/N-ethyl adjacent to an activating group) is 1. The van der Waals surface area contributed by atoms with E-state index in [1.807, 2.05) is 11.9 Å². The van der Waals surface area contributed by atoms with E-state index in [-0.39, 0.29) is 18.1 Å². The number of carbonyl (C=O) groups excluding carboxylic acids is 1. The summed E-state index contributed by atoms with van der Waals surface area (Å²) in [5.41, 5.74) is 0. The Balaban J connectivity index is 1.95. The number of hydrogen-bond acceptors (Lipinski definition) is 4. The lowest BCUT2D eigenvalue weighted by Gasteiger charge is -2.38. The van der Waals surface area contributed by atoms with Crippen LogP contribution in [0.2, 0.25) is 0 Å². The van der Waals surface area contributed by atoms with E-state index in [1.54, 1.807) is 0 Å². The highest BCUT2D eigenvalue weighted by atomic mass is 16.5. The predicted octanol–water partition coefficient (Wildman–Crippen LogP) is 0.695. The first-order valence-electron chi connectivity index (χ1n) is 7.87. The Morgan fingerprint density at radius 2 is 2.00 bits per heavy atom. The molecule has 0 aromatic carbocycles. The molecule has 2 fully saturated rings. The summed E-state index contributed by atoms with van der Waals surface area (Å²) in [7, 11) is 1.92. The van der Waals surface area contributed by atoms with Crippen LogP contribution in [0.5, 0.6) is 0 Å². The van der Waals surface area contributed by atoms with Crippen molar-refractivity contribution in [2.24, 2.45) is 0 Å². The quantitative estimate of drug-likeness (QED) is 0.825. The van der Waals surface area contributed by atoms with Crippen molar-refractivity contribution >= 4 is 5.91 Å². The zero-order valence-electron chi connectivity index (χ0n) is 13.3. The van der Waals surface area contributed by atoms with E-state index in [9.17, 15) is 4.79 Å². The first kappa shape index (κ1) is 15.7. The molecule has 2 heterocycles. The van der Waals surface area contributed by atoms with Crippen LogP contribution in [-0.4, -0.2) is 73.2 Å². The van der Waals surface area contributed by atoms with Crippen LogP contribution in [0.1, 0.15) is 33.6 Å². The van der Waals surface area contributed by atoms with Gasteiger partial charge in [-0.1, -0.05) is 0 Å². The van der Waals surface area contributed by atoms with Gasteiger partial charge in [-0.3, -0.25) is 9.69 Å². The zero-order chi connectivity index (χ0) is 14.7. The van der Waals surface area contributed by atoms with Crippen LogP contribution < -0.4 is 5.32 Å². The van der Waals surface area contributed by atoms with E-state index in [0.29, 0.717) is 25.2 Å². The molecule has 5 nitrogen and oxygen atoms in total. The molecule has 0 radical (unpaired) electrons. The number of ether oxygens (including phenoxy) is 1. The first-order valence-corrected chi connectivity index (χ1v) is 7.87. The molecule has 2 aliphatic heterocycles. The van der Waals surface area contributed by atoms with Crippen LogP contribution in [-0.2, 0) is 9.53 Å². The summed E-state index contributed by atoms with van der Waals surface area (Å²) < 4.78 is 5.68. The Morgan fingerprint density at radius 1 is 1.35 bits per heavy atom. The van der Waals surface area contributed by atoms with Crippen LogP contribution in [0.3, 0.4) is 0 Å². The Bertz CT molecular complexity index is 325. The van der Waals surface area contributed by atoms with Crippen molar-refractivity contribution in [3.05, 3.63) is 0 Å². The van der Waals surface area contributed by atoms with Crippen molar-refractivity contribution in [2.45, 2.75) is 57.8 Å². The lowest BCUT2D eigenvalue weighted by molar-refractivity contribution is -0.144. The van der Waals surface area contributed by atoms with Crippen LogP contribution in [0.25, 0.3) is 0 Å². The highest BCUT2D eigenvalue weighted by Crippen LogP contribution is 2.26. The van der Waals surface area contributed by atoms with Gasteiger partial charge >= 0.3 is 0 Å². The predicted molar refractivity (Wildman–Crippen MR) is 79.7 cm³/mol. The van der Waals surface area contributed by atoms with Crippen molar-refractivity contribution in [3.63, 3.8) is 0 Å². The molecule has 1 N–H and O–H groups in total. The molecule has 20 heavy (non-hydrogen) atoms. The van der Waals surface area contributed by atoms with Crippen molar-refractivity contribution < 1.29 is 9.53 Å². The van der Waals surface area contributed by atoms with E-state index in [4.69, 9.17) is 4.74 Å². The molecule has 5 heteroatoms. The molecule has 2 aliphatic rings. The van der Waals surface area contributed by atoms with Gasteiger partial charge in [0.05, 0.1) is 18.8 Å². The molecular weight excluding hydrogens is 254 g/mol. The molecule has 2 rings (SSSR count). The number of nitrogens with one attached hydrogen (secondary N) is 1. The van der Waals surface area contributed by atoms with Gasteiger partial charge in [0, 0.05) is 31.7 Å². The summed E-state index contributed by atoms with van der Waals surface area (Å²) >= 11 is 0. The van der Waals surface area contributed by atoms with E-state index >= 15 is 0 Å². The van der Waals surface area contributed by atoms with Crippen molar-refractivity contribution in [2.75, 3.05) is 33.3 Å². The van der Waals surface area contributed by atoms with Crippen LogP contribution in [0, 0.1) is 0 Å². The second-order valence-electron chi connectivity index (χ2n) is 6.23. The molecule has 4 unspecified atom stereocenters. The summed E-state index contributed by atoms with van der Waals surface area (Å²) in [4.78, 5) is 17.1. The van der Waals surface area contributed by atoms with Gasteiger partial charge in [-0.15, -0.1) is 0 Å². The van der Waals surface area contributed by atoms with Crippen LogP contribution >= 0.6 is 0 Å². The van der Waals surface area contributed by atoms with E-state index in [1.165, 1.54) is 12.8 Å². The van der Waals surface area contributed by atoms with Gasteiger partial charge in [0.25, 0.3) is 0 Å². The lowest BCUT2D eigenvalue weighted by atomic mass is 10.1. The van der Waals surface area contributed by atoms with Crippen molar-refractivity contribution in [1.82, 2.24) is 15.1 Å². The van der Waals surface area contributed by atoms with Crippen LogP contribution in [0.15, 0.2) is 0 Å². The maximum Gasteiger partial charge on any atom is 0.239 e. The first-order chi connectivity index (χ1) is 9.54. The van der Waals surface area contributed by atoms with Gasteiger partial charge in [0.15, 0.2) is 0 Å². The monoisotopic (exact) mass is 283 g/mol. The number of nitrogens with zero attached hydrogens (tertiary/aromatic N) is 2. The highest BCUT2D eigenvalue weighted by Gasteiger charge is 2.37. The summed E-state index contributed by atoms with van der Waals surface area (Å²) in [6, 6.07) is 1.01. The standard InChI is InChI=1S/C15H29N3O2/c1-11-5-6-12(2)18(11)13(3)15(19)17-7-8-20-14(10-17)9-16-4/h11-14,16H,5-10H2,1-4H3. The van der Waals surface area contributed by atoms with Gasteiger partial charge < -0.3 is 15.0 Å².